The number of nitrogens with zero attached hydrogens (tertiary/aromatic N) is 1. The maximum absolute atomic E-state index is 11.4. The molecule has 0 aliphatic carbocycles. The van der Waals surface area contributed by atoms with Crippen LogP contribution in [0.25, 0.3) is 0 Å². The van der Waals surface area contributed by atoms with Gasteiger partial charge in [-0.3, -0.25) is 14.9 Å². The van der Waals surface area contributed by atoms with Crippen LogP contribution in [-0.4, -0.2) is 26.9 Å². The summed E-state index contributed by atoms with van der Waals surface area (Å²) in [4.78, 5) is 31.3. The van der Waals surface area contributed by atoms with Crippen LogP contribution >= 0.6 is 15.9 Å². The third kappa shape index (κ3) is 3.15. The summed E-state index contributed by atoms with van der Waals surface area (Å²) >= 11 is 2.98. The Kier molecular flexibility index (Phi) is 4.73. The molecule has 0 aromatic heterocycles. The molecule has 0 amide bonds. The van der Waals surface area contributed by atoms with Crippen LogP contribution in [-0.2, 0) is 9.59 Å². The summed E-state index contributed by atoms with van der Waals surface area (Å²) in [6, 6.07) is 3.63. The Morgan fingerprint density at radius 1 is 1.42 bits per heavy atom. The Hall–Kier alpha value is -1.80. The van der Waals surface area contributed by atoms with E-state index in [1.54, 1.807) is 0 Å². The van der Waals surface area contributed by atoms with Crippen molar-refractivity contribution < 1.29 is 24.7 Å². The van der Waals surface area contributed by atoms with E-state index in [0.29, 0.717) is 0 Å². The van der Waals surface area contributed by atoms with E-state index in [2.05, 4.69) is 15.9 Å². The fourth-order valence-electron chi connectivity index (χ4n) is 1.58. The molecule has 2 unspecified atom stereocenters. The SMILES string of the molecule is CC(=O)C(Br)c1c(C(O)C(=O)O)cccc1[N+](=O)[O-]. The van der Waals surface area contributed by atoms with Crippen molar-refractivity contribution in [2.75, 3.05) is 0 Å². The number of aliphatic hydroxyl groups excluding tert-OH is 1. The summed E-state index contributed by atoms with van der Waals surface area (Å²) in [6.45, 7) is 1.20. The minimum absolute atomic E-state index is 0.144. The Balaban J connectivity index is 3.55. The molecule has 1 aromatic carbocycles. The number of halogens is 1. The first-order chi connectivity index (χ1) is 8.77. The summed E-state index contributed by atoms with van der Waals surface area (Å²) in [6.07, 6.45) is -1.94. The lowest BCUT2D eigenvalue weighted by Crippen LogP contribution is -2.16. The Labute approximate surface area is 116 Å². The lowest BCUT2D eigenvalue weighted by Gasteiger charge is -2.15. The van der Waals surface area contributed by atoms with E-state index < -0.39 is 33.3 Å². The quantitative estimate of drug-likeness (QED) is 0.482. The monoisotopic (exact) mass is 331 g/mol. The van der Waals surface area contributed by atoms with E-state index in [0.717, 1.165) is 6.07 Å². The van der Waals surface area contributed by atoms with Crippen LogP contribution in [0.2, 0.25) is 0 Å². The molecule has 8 heteroatoms. The number of aliphatic carboxylic acids is 1. The molecule has 2 N–H and O–H groups in total. The molecular formula is C11H10BrNO6. The van der Waals surface area contributed by atoms with Crippen LogP contribution in [0.1, 0.15) is 29.0 Å². The van der Waals surface area contributed by atoms with Gasteiger partial charge in [-0.1, -0.05) is 28.1 Å². The van der Waals surface area contributed by atoms with Gasteiger partial charge < -0.3 is 10.2 Å². The van der Waals surface area contributed by atoms with Crippen molar-refractivity contribution in [2.45, 2.75) is 17.9 Å². The lowest BCUT2D eigenvalue weighted by atomic mass is 9.96. The maximum atomic E-state index is 11.4. The van der Waals surface area contributed by atoms with E-state index in [1.165, 1.54) is 19.1 Å². The number of Topliss-reactive ketones (excluding diaryl/α,β-unsaturated/α-hetero) is 1. The molecule has 0 saturated heterocycles. The van der Waals surface area contributed by atoms with Crippen molar-refractivity contribution in [3.05, 3.63) is 39.4 Å². The molecular weight excluding hydrogens is 322 g/mol. The standard InChI is InChI=1S/C11H10BrNO6/c1-5(14)9(12)8-6(10(15)11(16)17)3-2-4-7(8)13(18)19/h2-4,9-10,15H,1H3,(H,16,17). The molecule has 0 aliphatic heterocycles. The molecule has 0 radical (unpaired) electrons. The summed E-state index contributed by atoms with van der Waals surface area (Å²) in [5, 5.41) is 29.3. The van der Waals surface area contributed by atoms with Crippen LogP contribution in [0.4, 0.5) is 5.69 Å². The van der Waals surface area contributed by atoms with Gasteiger partial charge in [-0.25, -0.2) is 4.79 Å². The number of hydrogen-bond acceptors (Lipinski definition) is 5. The van der Waals surface area contributed by atoms with E-state index >= 15 is 0 Å². The summed E-state index contributed by atoms with van der Waals surface area (Å²) in [7, 11) is 0. The van der Waals surface area contributed by atoms with Gasteiger partial charge in [0.1, 0.15) is 10.6 Å². The highest BCUT2D eigenvalue weighted by molar-refractivity contribution is 9.09. The number of carboxylic acids is 1. The third-order valence-corrected chi connectivity index (χ3v) is 3.55. The molecule has 7 nitrogen and oxygen atoms in total. The number of benzene rings is 1. The van der Waals surface area contributed by atoms with Crippen LogP contribution < -0.4 is 0 Å². The van der Waals surface area contributed by atoms with Crippen molar-refractivity contribution in [1.82, 2.24) is 0 Å². The highest BCUT2D eigenvalue weighted by Crippen LogP contribution is 2.37. The van der Waals surface area contributed by atoms with Gasteiger partial charge in [-0.05, 0) is 6.92 Å². The molecule has 1 aromatic rings. The highest BCUT2D eigenvalue weighted by Gasteiger charge is 2.31. The van der Waals surface area contributed by atoms with E-state index in [4.69, 9.17) is 5.11 Å². The lowest BCUT2D eigenvalue weighted by molar-refractivity contribution is -0.385. The van der Waals surface area contributed by atoms with Gasteiger partial charge in [0.2, 0.25) is 0 Å². The fraction of sp³-hybridized carbons (Fsp3) is 0.273. The van der Waals surface area contributed by atoms with Gasteiger partial charge in [0.05, 0.1) is 10.5 Å². The molecule has 2 atom stereocenters. The minimum Gasteiger partial charge on any atom is -0.479 e. The number of alkyl halides is 1. The summed E-state index contributed by atoms with van der Waals surface area (Å²) in [5.74, 6) is -1.99. The van der Waals surface area contributed by atoms with Gasteiger partial charge in [0.15, 0.2) is 6.10 Å². The molecule has 0 bridgehead atoms. The van der Waals surface area contributed by atoms with Crippen molar-refractivity contribution in [3.8, 4) is 0 Å². The predicted octanol–water partition coefficient (Wildman–Crippen LogP) is 1.74. The number of hydrogen-bond donors (Lipinski definition) is 2. The molecule has 0 spiro atoms. The number of nitro benzene ring substituents is 1. The van der Waals surface area contributed by atoms with Crippen molar-refractivity contribution in [2.24, 2.45) is 0 Å². The molecule has 0 heterocycles. The predicted molar refractivity (Wildman–Crippen MR) is 68.0 cm³/mol. The number of carboxylic acid groups (broad SMARTS) is 1. The first-order valence-electron chi connectivity index (χ1n) is 5.10. The van der Waals surface area contributed by atoms with E-state index in [9.17, 15) is 24.8 Å². The van der Waals surface area contributed by atoms with E-state index in [-0.39, 0.29) is 11.1 Å². The second-order valence-electron chi connectivity index (χ2n) is 3.75. The average molecular weight is 332 g/mol. The van der Waals surface area contributed by atoms with Gasteiger partial charge in [0.25, 0.3) is 5.69 Å². The largest absolute Gasteiger partial charge is 0.479 e. The van der Waals surface area contributed by atoms with Gasteiger partial charge >= 0.3 is 5.97 Å². The molecule has 1 rings (SSSR count). The van der Waals surface area contributed by atoms with Crippen molar-refractivity contribution >= 4 is 33.4 Å². The van der Waals surface area contributed by atoms with Crippen molar-refractivity contribution in [1.29, 1.82) is 0 Å². The third-order valence-electron chi connectivity index (χ3n) is 2.45. The number of ketones is 1. The molecule has 19 heavy (non-hydrogen) atoms. The Morgan fingerprint density at radius 3 is 2.42 bits per heavy atom. The molecule has 102 valence electrons. The van der Waals surface area contributed by atoms with Crippen LogP contribution in [0.3, 0.4) is 0 Å². The molecule has 0 aliphatic rings. The number of nitro groups is 1. The van der Waals surface area contributed by atoms with Crippen LogP contribution in [0.5, 0.6) is 0 Å². The maximum Gasteiger partial charge on any atom is 0.337 e. The number of aliphatic hydroxyl groups is 1. The second-order valence-corrected chi connectivity index (χ2v) is 4.67. The van der Waals surface area contributed by atoms with E-state index in [1.807, 2.05) is 0 Å². The first kappa shape index (κ1) is 15.3. The summed E-state index contributed by atoms with van der Waals surface area (Å²) < 4.78 is 0. The molecule has 0 fully saturated rings. The number of rotatable bonds is 5. The van der Waals surface area contributed by atoms with Crippen molar-refractivity contribution in [3.63, 3.8) is 0 Å². The van der Waals surface area contributed by atoms with Gasteiger partial charge in [0, 0.05) is 11.6 Å². The smallest absolute Gasteiger partial charge is 0.337 e. The van der Waals surface area contributed by atoms with Gasteiger partial charge in [-0.2, -0.15) is 0 Å². The first-order valence-corrected chi connectivity index (χ1v) is 6.01. The zero-order valence-electron chi connectivity index (χ0n) is 9.74. The summed E-state index contributed by atoms with van der Waals surface area (Å²) in [5.41, 5.74) is -0.747. The Morgan fingerprint density at radius 2 is 2.00 bits per heavy atom. The zero-order valence-corrected chi connectivity index (χ0v) is 11.3. The number of carbonyl (C=O) groups excluding carboxylic acids is 1. The highest BCUT2D eigenvalue weighted by atomic mass is 79.9. The van der Waals surface area contributed by atoms with Crippen LogP contribution in [0.15, 0.2) is 18.2 Å². The molecule has 0 saturated carbocycles. The topological polar surface area (TPSA) is 118 Å². The Bertz CT molecular complexity index is 544. The zero-order chi connectivity index (χ0) is 14.7. The second kappa shape index (κ2) is 5.89. The normalized spacial score (nSPS) is 13.6. The fourth-order valence-corrected chi connectivity index (χ4v) is 2.08. The number of carbonyl (C=O) groups is 2. The average Bonchev–Trinajstić information content (AvgIpc) is 2.35. The van der Waals surface area contributed by atoms with Gasteiger partial charge in [-0.15, -0.1) is 0 Å². The minimum atomic E-state index is -1.94. The van der Waals surface area contributed by atoms with Crippen LogP contribution in [0, 0.1) is 10.1 Å².